The number of likely N-dealkylation sites (N-methyl/N-ethyl adjacent to an activating group) is 1. The van der Waals surface area contributed by atoms with Crippen LogP contribution in [-0.4, -0.2) is 47.0 Å². The summed E-state index contributed by atoms with van der Waals surface area (Å²) in [5.41, 5.74) is 1.56. The quantitative estimate of drug-likeness (QED) is 0.753. The van der Waals surface area contributed by atoms with Gasteiger partial charge in [-0.3, -0.25) is 9.88 Å². The van der Waals surface area contributed by atoms with Crippen LogP contribution in [0.4, 0.5) is 0 Å². The molecule has 3 nitrogen and oxygen atoms in total. The van der Waals surface area contributed by atoms with E-state index in [1.54, 1.807) is 0 Å². The average Bonchev–Trinajstić information content (AvgIpc) is 2.23. The van der Waals surface area contributed by atoms with Gasteiger partial charge in [-0.15, -0.1) is 0 Å². The van der Waals surface area contributed by atoms with E-state index in [0.717, 1.165) is 26.2 Å². The molecule has 2 rings (SSSR count). The summed E-state index contributed by atoms with van der Waals surface area (Å²) in [7, 11) is 2.20. The fourth-order valence-corrected chi connectivity index (χ4v) is 2.44. The molecule has 0 radical (unpaired) electrons. The molecule has 0 N–H and O–H groups in total. The molecule has 3 heteroatoms. The topological polar surface area (TPSA) is 19.4 Å². The Morgan fingerprint density at radius 2 is 2.19 bits per heavy atom. The predicted octanol–water partition coefficient (Wildman–Crippen LogP) is 1.61. The molecule has 0 aromatic carbocycles. The standard InChI is InChI=1S/C13H21N3/c1-13(2)11-15(3)7-8-16(13)10-12-5-4-6-14-9-12/h4-6,9H,7-8,10-11H2,1-3H3. The van der Waals surface area contributed by atoms with Gasteiger partial charge in [0.05, 0.1) is 0 Å². The maximum atomic E-state index is 4.18. The molecule has 1 aromatic rings. The molecule has 0 amide bonds. The summed E-state index contributed by atoms with van der Waals surface area (Å²) in [5, 5.41) is 0. The van der Waals surface area contributed by atoms with Crippen LogP contribution in [0, 0.1) is 0 Å². The second kappa shape index (κ2) is 4.52. The summed E-state index contributed by atoms with van der Waals surface area (Å²) in [6, 6.07) is 4.17. The molecule has 16 heavy (non-hydrogen) atoms. The van der Waals surface area contributed by atoms with Gasteiger partial charge in [0.25, 0.3) is 0 Å². The number of rotatable bonds is 2. The Labute approximate surface area is 98.1 Å². The third-order valence-electron chi connectivity index (χ3n) is 3.36. The van der Waals surface area contributed by atoms with Crippen molar-refractivity contribution in [1.82, 2.24) is 14.8 Å². The van der Waals surface area contributed by atoms with E-state index < -0.39 is 0 Å². The highest BCUT2D eigenvalue weighted by Gasteiger charge is 2.31. The Kier molecular flexibility index (Phi) is 3.26. The van der Waals surface area contributed by atoms with Crippen molar-refractivity contribution in [2.24, 2.45) is 0 Å². The fourth-order valence-electron chi connectivity index (χ4n) is 2.44. The van der Waals surface area contributed by atoms with Crippen LogP contribution in [0.2, 0.25) is 0 Å². The molecular formula is C13H21N3. The van der Waals surface area contributed by atoms with Crippen molar-refractivity contribution in [3.05, 3.63) is 30.1 Å². The van der Waals surface area contributed by atoms with Gasteiger partial charge < -0.3 is 4.90 Å². The molecule has 0 saturated carbocycles. The Hall–Kier alpha value is -0.930. The molecule has 1 aliphatic rings. The monoisotopic (exact) mass is 219 g/mol. The highest BCUT2D eigenvalue weighted by molar-refractivity contribution is 5.09. The molecule has 0 spiro atoms. The maximum Gasteiger partial charge on any atom is 0.0312 e. The molecule has 1 saturated heterocycles. The Morgan fingerprint density at radius 3 is 2.81 bits per heavy atom. The first-order chi connectivity index (χ1) is 7.58. The molecule has 0 unspecified atom stereocenters. The van der Waals surface area contributed by atoms with Crippen molar-refractivity contribution < 1.29 is 0 Å². The minimum absolute atomic E-state index is 0.253. The van der Waals surface area contributed by atoms with Crippen molar-refractivity contribution in [3.63, 3.8) is 0 Å². The van der Waals surface area contributed by atoms with Crippen molar-refractivity contribution in [1.29, 1.82) is 0 Å². The fraction of sp³-hybridized carbons (Fsp3) is 0.615. The Bertz CT molecular complexity index is 334. The van der Waals surface area contributed by atoms with Crippen LogP contribution in [0.25, 0.3) is 0 Å². The first kappa shape index (κ1) is 11.6. The summed E-state index contributed by atoms with van der Waals surface area (Å²) in [4.78, 5) is 9.12. The normalized spacial score (nSPS) is 22.2. The van der Waals surface area contributed by atoms with Crippen molar-refractivity contribution in [3.8, 4) is 0 Å². The summed E-state index contributed by atoms with van der Waals surface area (Å²) in [5.74, 6) is 0. The summed E-state index contributed by atoms with van der Waals surface area (Å²) in [6.07, 6.45) is 3.80. The first-order valence-electron chi connectivity index (χ1n) is 5.90. The molecule has 1 aliphatic heterocycles. The number of hydrogen-bond acceptors (Lipinski definition) is 3. The maximum absolute atomic E-state index is 4.18. The lowest BCUT2D eigenvalue weighted by molar-refractivity contribution is 0.0253. The molecule has 0 aliphatic carbocycles. The highest BCUT2D eigenvalue weighted by atomic mass is 15.3. The zero-order valence-corrected chi connectivity index (χ0v) is 10.5. The SMILES string of the molecule is CN1CCN(Cc2cccnc2)C(C)(C)C1. The van der Waals surface area contributed by atoms with Crippen molar-refractivity contribution >= 4 is 0 Å². The van der Waals surface area contributed by atoms with Gasteiger partial charge in [0.2, 0.25) is 0 Å². The average molecular weight is 219 g/mol. The van der Waals surface area contributed by atoms with E-state index >= 15 is 0 Å². The van der Waals surface area contributed by atoms with E-state index in [1.807, 2.05) is 18.5 Å². The largest absolute Gasteiger partial charge is 0.303 e. The van der Waals surface area contributed by atoms with Crippen molar-refractivity contribution in [2.45, 2.75) is 25.9 Å². The molecule has 1 aromatic heterocycles. The zero-order valence-electron chi connectivity index (χ0n) is 10.5. The van der Waals surface area contributed by atoms with Crippen LogP contribution in [0.3, 0.4) is 0 Å². The second-order valence-corrected chi connectivity index (χ2v) is 5.33. The van der Waals surface area contributed by atoms with Crippen molar-refractivity contribution in [2.75, 3.05) is 26.7 Å². The van der Waals surface area contributed by atoms with Gasteiger partial charge >= 0.3 is 0 Å². The lowest BCUT2D eigenvalue weighted by Crippen LogP contribution is -2.57. The van der Waals surface area contributed by atoms with E-state index in [0.29, 0.717) is 0 Å². The smallest absolute Gasteiger partial charge is 0.0312 e. The zero-order chi connectivity index (χ0) is 11.6. The van der Waals surface area contributed by atoms with E-state index in [4.69, 9.17) is 0 Å². The number of aromatic nitrogens is 1. The minimum Gasteiger partial charge on any atom is -0.303 e. The van der Waals surface area contributed by atoms with Crippen LogP contribution < -0.4 is 0 Å². The van der Waals surface area contributed by atoms with Crippen LogP contribution >= 0.6 is 0 Å². The van der Waals surface area contributed by atoms with Crippen LogP contribution in [-0.2, 0) is 6.54 Å². The van der Waals surface area contributed by atoms with E-state index in [1.165, 1.54) is 5.56 Å². The number of nitrogens with zero attached hydrogens (tertiary/aromatic N) is 3. The van der Waals surface area contributed by atoms with Crippen LogP contribution in [0.5, 0.6) is 0 Å². The molecule has 1 fully saturated rings. The lowest BCUT2D eigenvalue weighted by Gasteiger charge is -2.46. The van der Waals surface area contributed by atoms with E-state index in [-0.39, 0.29) is 5.54 Å². The molecule has 0 bridgehead atoms. The van der Waals surface area contributed by atoms with E-state index in [9.17, 15) is 0 Å². The van der Waals surface area contributed by atoms with Gasteiger partial charge in [0.1, 0.15) is 0 Å². The second-order valence-electron chi connectivity index (χ2n) is 5.33. The summed E-state index contributed by atoms with van der Waals surface area (Å²) >= 11 is 0. The third kappa shape index (κ3) is 2.60. The summed E-state index contributed by atoms with van der Waals surface area (Å²) in [6.45, 7) is 9.07. The van der Waals surface area contributed by atoms with Gasteiger partial charge in [0, 0.05) is 44.1 Å². The number of pyridine rings is 1. The van der Waals surface area contributed by atoms with Gasteiger partial charge in [-0.1, -0.05) is 6.07 Å². The van der Waals surface area contributed by atoms with Gasteiger partial charge in [-0.2, -0.15) is 0 Å². The molecule has 2 heterocycles. The highest BCUT2D eigenvalue weighted by Crippen LogP contribution is 2.21. The predicted molar refractivity (Wildman–Crippen MR) is 66.2 cm³/mol. The van der Waals surface area contributed by atoms with E-state index in [2.05, 4.69) is 41.7 Å². The molecule has 88 valence electrons. The summed E-state index contributed by atoms with van der Waals surface area (Å²) < 4.78 is 0. The first-order valence-corrected chi connectivity index (χ1v) is 5.90. The molecular weight excluding hydrogens is 198 g/mol. The minimum atomic E-state index is 0.253. The molecule has 0 atom stereocenters. The van der Waals surface area contributed by atoms with Gasteiger partial charge in [0.15, 0.2) is 0 Å². The Balaban J connectivity index is 2.05. The number of piperazine rings is 1. The lowest BCUT2D eigenvalue weighted by atomic mass is 9.98. The van der Waals surface area contributed by atoms with Gasteiger partial charge in [-0.05, 0) is 32.5 Å². The van der Waals surface area contributed by atoms with Crippen LogP contribution in [0.1, 0.15) is 19.4 Å². The third-order valence-corrected chi connectivity index (χ3v) is 3.36. The number of hydrogen-bond donors (Lipinski definition) is 0. The Morgan fingerprint density at radius 1 is 1.38 bits per heavy atom. The van der Waals surface area contributed by atoms with Crippen LogP contribution in [0.15, 0.2) is 24.5 Å². The van der Waals surface area contributed by atoms with Gasteiger partial charge in [-0.25, -0.2) is 0 Å².